The van der Waals surface area contributed by atoms with Crippen molar-refractivity contribution in [1.29, 1.82) is 0 Å². The second-order valence-electron chi connectivity index (χ2n) is 7.60. The minimum absolute atomic E-state index is 0.157. The Hall–Kier alpha value is -4.17. The van der Waals surface area contributed by atoms with E-state index in [0.717, 1.165) is 22.5 Å². The van der Waals surface area contributed by atoms with E-state index in [-0.39, 0.29) is 10.6 Å². The van der Waals surface area contributed by atoms with Gasteiger partial charge in [-0.1, -0.05) is 42.5 Å². The molecule has 0 radical (unpaired) electrons. The lowest BCUT2D eigenvalue weighted by atomic mass is 10.1. The van der Waals surface area contributed by atoms with E-state index in [4.69, 9.17) is 9.15 Å². The average molecular weight is 475 g/mol. The molecule has 0 spiro atoms. The van der Waals surface area contributed by atoms with Crippen LogP contribution in [0.15, 0.2) is 83.5 Å². The van der Waals surface area contributed by atoms with Crippen LogP contribution in [0.25, 0.3) is 0 Å². The number of furan rings is 1. The molecule has 34 heavy (non-hydrogen) atoms. The van der Waals surface area contributed by atoms with Crippen LogP contribution in [-0.4, -0.2) is 17.8 Å². The topological polar surface area (TPSA) is 97.6 Å². The first-order valence-electron chi connectivity index (χ1n) is 10.5. The fraction of sp³-hybridized carbons (Fsp3) is 0.115. The highest BCUT2D eigenvalue weighted by molar-refractivity contribution is 7.18. The third-order valence-electron chi connectivity index (χ3n) is 5.01. The Labute approximate surface area is 200 Å². The van der Waals surface area contributed by atoms with Crippen LogP contribution in [0.4, 0.5) is 10.7 Å². The Kier molecular flexibility index (Phi) is 6.89. The summed E-state index contributed by atoms with van der Waals surface area (Å²) in [5.74, 6) is -1.41. The molecule has 0 saturated carbocycles. The van der Waals surface area contributed by atoms with Crippen LogP contribution in [0.1, 0.15) is 43.0 Å². The molecule has 7 nitrogen and oxygen atoms in total. The average Bonchev–Trinajstić information content (AvgIpc) is 3.53. The van der Waals surface area contributed by atoms with Crippen molar-refractivity contribution in [2.75, 3.05) is 10.6 Å². The molecule has 1 unspecified atom stereocenters. The summed E-state index contributed by atoms with van der Waals surface area (Å²) >= 11 is 1.04. The Balaban J connectivity index is 1.51. The number of esters is 1. The predicted octanol–water partition coefficient (Wildman–Crippen LogP) is 5.75. The number of aryl methyl sites for hydroxylation is 2. The van der Waals surface area contributed by atoms with Crippen molar-refractivity contribution in [2.24, 2.45) is 0 Å². The van der Waals surface area contributed by atoms with Crippen molar-refractivity contribution < 1.29 is 23.5 Å². The quantitative estimate of drug-likeness (QED) is 0.333. The van der Waals surface area contributed by atoms with Gasteiger partial charge in [0, 0.05) is 11.3 Å². The van der Waals surface area contributed by atoms with Gasteiger partial charge in [0.2, 0.25) is 6.10 Å². The van der Waals surface area contributed by atoms with Crippen molar-refractivity contribution in [3.8, 4) is 0 Å². The lowest BCUT2D eigenvalue weighted by molar-refractivity contribution is -0.125. The molecule has 172 valence electrons. The summed E-state index contributed by atoms with van der Waals surface area (Å²) in [6, 6.07) is 20.8. The Morgan fingerprint density at radius 2 is 1.71 bits per heavy atom. The van der Waals surface area contributed by atoms with Gasteiger partial charge in [-0.25, -0.2) is 4.79 Å². The van der Waals surface area contributed by atoms with Gasteiger partial charge in [0.05, 0.1) is 11.3 Å². The standard InChI is InChI=1S/C26H22N2O5S/c1-16-10-11-17(2)19(15-16)27-25(30)23(18-7-4-3-5-8-18)33-26(31)21-12-13-22(34-21)28-24(29)20-9-6-14-32-20/h3-15,23H,1-2H3,(H,27,30)(H,28,29). The van der Waals surface area contributed by atoms with Crippen molar-refractivity contribution in [3.05, 3.63) is 106 Å². The van der Waals surface area contributed by atoms with Gasteiger partial charge >= 0.3 is 5.97 Å². The molecule has 2 N–H and O–H groups in total. The Morgan fingerprint density at radius 3 is 2.44 bits per heavy atom. The summed E-state index contributed by atoms with van der Waals surface area (Å²) < 4.78 is 10.7. The van der Waals surface area contributed by atoms with Gasteiger partial charge in [-0.2, -0.15) is 0 Å². The zero-order valence-corrected chi connectivity index (χ0v) is 19.3. The van der Waals surface area contributed by atoms with E-state index in [2.05, 4.69) is 10.6 Å². The van der Waals surface area contributed by atoms with E-state index in [0.29, 0.717) is 16.3 Å². The van der Waals surface area contributed by atoms with Crippen LogP contribution in [-0.2, 0) is 9.53 Å². The largest absolute Gasteiger partial charge is 0.459 e. The first-order chi connectivity index (χ1) is 16.4. The third kappa shape index (κ3) is 5.41. The maximum Gasteiger partial charge on any atom is 0.349 e. The van der Waals surface area contributed by atoms with Gasteiger partial charge in [-0.05, 0) is 55.3 Å². The molecule has 8 heteroatoms. The van der Waals surface area contributed by atoms with E-state index < -0.39 is 23.9 Å². The molecule has 0 saturated heterocycles. The Bertz CT molecular complexity index is 1310. The van der Waals surface area contributed by atoms with Gasteiger partial charge in [0.15, 0.2) is 5.76 Å². The van der Waals surface area contributed by atoms with Gasteiger partial charge in [0.1, 0.15) is 4.88 Å². The van der Waals surface area contributed by atoms with E-state index >= 15 is 0 Å². The zero-order valence-electron chi connectivity index (χ0n) is 18.5. The van der Waals surface area contributed by atoms with Crippen LogP contribution in [0.3, 0.4) is 0 Å². The lowest BCUT2D eigenvalue weighted by Crippen LogP contribution is -2.26. The highest BCUT2D eigenvalue weighted by atomic mass is 32.1. The number of carbonyl (C=O) groups excluding carboxylic acids is 3. The van der Waals surface area contributed by atoms with E-state index in [9.17, 15) is 14.4 Å². The number of amides is 2. The van der Waals surface area contributed by atoms with Crippen LogP contribution < -0.4 is 10.6 Å². The fourth-order valence-electron chi connectivity index (χ4n) is 3.23. The van der Waals surface area contributed by atoms with E-state index in [1.54, 1.807) is 36.4 Å². The number of hydrogen-bond acceptors (Lipinski definition) is 6. The molecule has 0 aliphatic carbocycles. The van der Waals surface area contributed by atoms with Gasteiger partial charge < -0.3 is 19.8 Å². The molecule has 0 aliphatic rings. The summed E-state index contributed by atoms with van der Waals surface area (Å²) in [5, 5.41) is 5.99. The van der Waals surface area contributed by atoms with Gasteiger partial charge in [-0.3, -0.25) is 9.59 Å². The summed E-state index contributed by atoms with van der Waals surface area (Å²) in [5.41, 5.74) is 3.09. The summed E-state index contributed by atoms with van der Waals surface area (Å²) in [6.07, 6.45) is 0.246. The number of rotatable bonds is 7. The van der Waals surface area contributed by atoms with Crippen molar-refractivity contribution >= 4 is 39.8 Å². The maximum absolute atomic E-state index is 13.2. The normalized spacial score (nSPS) is 11.5. The summed E-state index contributed by atoms with van der Waals surface area (Å²) in [4.78, 5) is 38.5. The number of benzene rings is 2. The third-order valence-corrected chi connectivity index (χ3v) is 5.99. The minimum Gasteiger partial charge on any atom is -0.459 e. The minimum atomic E-state index is -1.16. The first kappa shape index (κ1) is 23.0. The monoisotopic (exact) mass is 474 g/mol. The van der Waals surface area contributed by atoms with E-state index in [1.807, 2.05) is 38.1 Å². The van der Waals surface area contributed by atoms with Crippen LogP contribution >= 0.6 is 11.3 Å². The predicted molar refractivity (Wildman–Crippen MR) is 130 cm³/mol. The van der Waals surface area contributed by atoms with Gasteiger partial charge in [-0.15, -0.1) is 11.3 Å². The second-order valence-corrected chi connectivity index (χ2v) is 8.68. The molecule has 0 aliphatic heterocycles. The Morgan fingerprint density at radius 1 is 0.912 bits per heavy atom. The van der Waals surface area contributed by atoms with Crippen molar-refractivity contribution in [3.63, 3.8) is 0 Å². The summed E-state index contributed by atoms with van der Waals surface area (Å²) in [7, 11) is 0. The SMILES string of the molecule is Cc1ccc(C)c(NC(=O)C(OC(=O)c2ccc(NC(=O)c3ccco3)s2)c2ccccc2)c1. The van der Waals surface area contributed by atoms with Crippen molar-refractivity contribution in [2.45, 2.75) is 20.0 Å². The number of hydrogen-bond donors (Lipinski definition) is 2. The van der Waals surface area contributed by atoms with Crippen LogP contribution in [0.5, 0.6) is 0 Å². The fourth-order valence-corrected chi connectivity index (χ4v) is 4.01. The number of nitrogens with one attached hydrogen (secondary N) is 2. The maximum atomic E-state index is 13.2. The number of thiophene rings is 1. The van der Waals surface area contributed by atoms with Gasteiger partial charge in [0.25, 0.3) is 11.8 Å². The zero-order chi connectivity index (χ0) is 24.1. The lowest BCUT2D eigenvalue weighted by Gasteiger charge is -2.18. The van der Waals surface area contributed by atoms with Crippen LogP contribution in [0.2, 0.25) is 0 Å². The molecule has 2 amide bonds. The number of anilines is 2. The summed E-state index contributed by atoms with van der Waals surface area (Å²) in [6.45, 7) is 3.83. The smallest absolute Gasteiger partial charge is 0.349 e. The highest BCUT2D eigenvalue weighted by Crippen LogP contribution is 2.27. The molecule has 4 aromatic rings. The molecule has 4 rings (SSSR count). The first-order valence-corrected chi connectivity index (χ1v) is 11.3. The molecule has 0 bridgehead atoms. The molecule has 2 heterocycles. The second kappa shape index (κ2) is 10.2. The molecule has 2 aromatic carbocycles. The molecular formula is C26H22N2O5S. The molecule has 0 fully saturated rings. The number of ether oxygens (including phenoxy) is 1. The molecule has 1 atom stereocenters. The molecule has 2 aromatic heterocycles. The number of carbonyl (C=O) groups is 3. The highest BCUT2D eigenvalue weighted by Gasteiger charge is 2.27. The van der Waals surface area contributed by atoms with E-state index in [1.165, 1.54) is 18.4 Å². The van der Waals surface area contributed by atoms with Crippen molar-refractivity contribution in [1.82, 2.24) is 0 Å². The molecular weight excluding hydrogens is 452 g/mol. The van der Waals surface area contributed by atoms with Crippen LogP contribution in [0, 0.1) is 13.8 Å².